The quantitative estimate of drug-likeness (QED) is 0.791. The van der Waals surface area contributed by atoms with Crippen molar-refractivity contribution in [3.63, 3.8) is 0 Å². The van der Waals surface area contributed by atoms with E-state index >= 15 is 0 Å². The zero-order valence-electron chi connectivity index (χ0n) is 13.8. The van der Waals surface area contributed by atoms with Crippen LogP contribution in [-0.4, -0.2) is 65.6 Å². The smallest absolute Gasteiger partial charge is 0.161 e. The lowest BCUT2D eigenvalue weighted by Crippen LogP contribution is -2.48. The number of hydrogen-bond acceptors (Lipinski definition) is 4. The number of Topliss-reactive ketones (excluding diaryl/α,β-unsaturated/α-hetero) is 1. The van der Waals surface area contributed by atoms with Crippen molar-refractivity contribution in [1.82, 2.24) is 14.4 Å². The largest absolute Gasteiger partial charge is 0.379 e. The van der Waals surface area contributed by atoms with Crippen LogP contribution in [0.1, 0.15) is 35.8 Å². The van der Waals surface area contributed by atoms with E-state index in [0.717, 1.165) is 57.5 Å². The molecule has 0 atom stereocenters. The molecule has 2 fully saturated rings. The molecule has 0 bridgehead atoms. The SMILES string of the molecule is CC(=O)c1cc(CN2CCC(N3CCOCC3)CC2)n(C)c1. The Morgan fingerprint density at radius 2 is 1.91 bits per heavy atom. The average Bonchev–Trinajstić information content (AvgIpc) is 2.90. The third kappa shape index (κ3) is 3.59. The summed E-state index contributed by atoms with van der Waals surface area (Å²) in [7, 11) is 2.03. The Morgan fingerprint density at radius 1 is 1.23 bits per heavy atom. The Hall–Kier alpha value is -1.17. The minimum atomic E-state index is 0.146. The molecule has 0 saturated carbocycles. The van der Waals surface area contributed by atoms with Gasteiger partial charge in [-0.2, -0.15) is 0 Å². The van der Waals surface area contributed by atoms with Crippen molar-refractivity contribution in [1.29, 1.82) is 0 Å². The lowest BCUT2D eigenvalue weighted by Gasteiger charge is -2.40. The molecule has 2 aliphatic heterocycles. The highest BCUT2D eigenvalue weighted by molar-refractivity contribution is 5.94. The molecule has 0 aliphatic carbocycles. The summed E-state index contributed by atoms with van der Waals surface area (Å²) in [4.78, 5) is 16.6. The maximum Gasteiger partial charge on any atom is 0.161 e. The molecule has 2 aliphatic rings. The van der Waals surface area contributed by atoms with Gasteiger partial charge in [-0.1, -0.05) is 0 Å². The second-order valence-electron chi connectivity index (χ2n) is 6.54. The van der Waals surface area contributed by atoms with Gasteiger partial charge in [-0.3, -0.25) is 14.6 Å². The summed E-state index contributed by atoms with van der Waals surface area (Å²) in [5.41, 5.74) is 2.05. The number of hydrogen-bond donors (Lipinski definition) is 0. The predicted molar refractivity (Wildman–Crippen MR) is 86.1 cm³/mol. The first-order valence-electron chi connectivity index (χ1n) is 8.34. The molecule has 5 heteroatoms. The van der Waals surface area contributed by atoms with Gasteiger partial charge in [0.25, 0.3) is 0 Å². The van der Waals surface area contributed by atoms with Gasteiger partial charge in [0.15, 0.2) is 5.78 Å². The average molecular weight is 305 g/mol. The Bertz CT molecular complexity index is 512. The van der Waals surface area contributed by atoms with Gasteiger partial charge in [0.1, 0.15) is 0 Å². The van der Waals surface area contributed by atoms with E-state index in [4.69, 9.17) is 4.74 Å². The molecule has 122 valence electrons. The molecular weight excluding hydrogens is 278 g/mol. The minimum absolute atomic E-state index is 0.146. The molecule has 1 aromatic heterocycles. The Labute approximate surface area is 132 Å². The number of aryl methyl sites for hydroxylation is 1. The van der Waals surface area contributed by atoms with Gasteiger partial charge in [-0.05, 0) is 25.8 Å². The second-order valence-corrected chi connectivity index (χ2v) is 6.54. The van der Waals surface area contributed by atoms with E-state index in [9.17, 15) is 4.79 Å². The van der Waals surface area contributed by atoms with Gasteiger partial charge in [0.05, 0.1) is 13.2 Å². The van der Waals surface area contributed by atoms with Gasteiger partial charge in [-0.25, -0.2) is 0 Å². The molecule has 3 heterocycles. The summed E-state index contributed by atoms with van der Waals surface area (Å²) in [6, 6.07) is 2.76. The zero-order chi connectivity index (χ0) is 15.5. The fraction of sp³-hybridized carbons (Fsp3) is 0.706. The van der Waals surface area contributed by atoms with E-state index in [1.807, 2.05) is 19.3 Å². The number of carbonyl (C=O) groups is 1. The Kier molecular flexibility index (Phi) is 4.96. The third-order valence-corrected chi connectivity index (χ3v) is 5.02. The Balaban J connectivity index is 1.52. The number of likely N-dealkylation sites (tertiary alicyclic amines) is 1. The molecule has 3 rings (SSSR count). The van der Waals surface area contributed by atoms with Crippen LogP contribution < -0.4 is 0 Å². The lowest BCUT2D eigenvalue weighted by atomic mass is 10.0. The minimum Gasteiger partial charge on any atom is -0.379 e. The molecule has 22 heavy (non-hydrogen) atoms. The number of piperidine rings is 1. The van der Waals surface area contributed by atoms with Crippen molar-refractivity contribution in [3.8, 4) is 0 Å². The number of ether oxygens (including phenoxy) is 1. The monoisotopic (exact) mass is 305 g/mol. The summed E-state index contributed by atoms with van der Waals surface area (Å²) >= 11 is 0. The molecule has 0 N–H and O–H groups in total. The summed E-state index contributed by atoms with van der Waals surface area (Å²) < 4.78 is 7.53. The number of nitrogens with zero attached hydrogens (tertiary/aromatic N) is 3. The molecular formula is C17H27N3O2. The van der Waals surface area contributed by atoms with Crippen LogP contribution in [0.5, 0.6) is 0 Å². The van der Waals surface area contributed by atoms with Crippen molar-refractivity contribution in [2.75, 3.05) is 39.4 Å². The van der Waals surface area contributed by atoms with Gasteiger partial charge in [0.2, 0.25) is 0 Å². The standard InChI is InChI=1S/C17H27N3O2/c1-14(21)15-11-17(18(2)12-15)13-19-5-3-16(4-6-19)20-7-9-22-10-8-20/h11-12,16H,3-10,13H2,1-2H3. The van der Waals surface area contributed by atoms with Gasteiger partial charge >= 0.3 is 0 Å². The molecule has 0 radical (unpaired) electrons. The number of rotatable bonds is 4. The molecule has 0 amide bonds. The first-order valence-corrected chi connectivity index (χ1v) is 8.34. The lowest BCUT2D eigenvalue weighted by molar-refractivity contribution is 0.0000771. The van der Waals surface area contributed by atoms with E-state index in [0.29, 0.717) is 0 Å². The van der Waals surface area contributed by atoms with Crippen molar-refractivity contribution >= 4 is 5.78 Å². The van der Waals surface area contributed by atoms with E-state index in [1.165, 1.54) is 18.5 Å². The highest BCUT2D eigenvalue weighted by atomic mass is 16.5. The number of aromatic nitrogens is 1. The number of ketones is 1. The normalized spacial score (nSPS) is 22.1. The van der Waals surface area contributed by atoms with Crippen molar-refractivity contribution < 1.29 is 9.53 Å². The predicted octanol–water partition coefficient (Wildman–Crippen LogP) is 1.52. The first-order chi connectivity index (χ1) is 10.6. The van der Waals surface area contributed by atoms with Gasteiger partial charge < -0.3 is 9.30 Å². The number of carbonyl (C=O) groups excluding carboxylic acids is 1. The van der Waals surface area contributed by atoms with Crippen LogP contribution in [0.15, 0.2) is 12.3 Å². The molecule has 1 aromatic rings. The van der Waals surface area contributed by atoms with Gasteiger partial charge in [-0.15, -0.1) is 0 Å². The van der Waals surface area contributed by atoms with Crippen LogP contribution in [0.25, 0.3) is 0 Å². The topological polar surface area (TPSA) is 37.7 Å². The third-order valence-electron chi connectivity index (χ3n) is 5.02. The highest BCUT2D eigenvalue weighted by Gasteiger charge is 2.26. The van der Waals surface area contributed by atoms with Crippen LogP contribution in [0, 0.1) is 0 Å². The van der Waals surface area contributed by atoms with Crippen LogP contribution in [0.2, 0.25) is 0 Å². The fourth-order valence-electron chi connectivity index (χ4n) is 3.57. The summed E-state index contributed by atoms with van der Waals surface area (Å²) in [6.45, 7) is 8.81. The van der Waals surface area contributed by atoms with E-state index in [-0.39, 0.29) is 5.78 Å². The molecule has 0 spiro atoms. The van der Waals surface area contributed by atoms with E-state index < -0.39 is 0 Å². The Morgan fingerprint density at radius 3 is 2.50 bits per heavy atom. The van der Waals surface area contributed by atoms with E-state index in [2.05, 4.69) is 14.4 Å². The summed E-state index contributed by atoms with van der Waals surface area (Å²) in [5.74, 6) is 0.146. The first kappa shape index (κ1) is 15.7. The molecule has 5 nitrogen and oxygen atoms in total. The van der Waals surface area contributed by atoms with Crippen molar-refractivity contribution in [3.05, 3.63) is 23.5 Å². The van der Waals surface area contributed by atoms with Crippen LogP contribution in [0.3, 0.4) is 0 Å². The van der Waals surface area contributed by atoms with E-state index in [1.54, 1.807) is 6.92 Å². The second kappa shape index (κ2) is 6.94. The maximum absolute atomic E-state index is 11.5. The van der Waals surface area contributed by atoms with Crippen LogP contribution in [0.4, 0.5) is 0 Å². The van der Waals surface area contributed by atoms with Crippen molar-refractivity contribution in [2.24, 2.45) is 7.05 Å². The zero-order valence-corrected chi connectivity index (χ0v) is 13.8. The molecule has 0 aromatic carbocycles. The van der Waals surface area contributed by atoms with Crippen molar-refractivity contribution in [2.45, 2.75) is 32.4 Å². The molecule has 0 unspecified atom stereocenters. The highest BCUT2D eigenvalue weighted by Crippen LogP contribution is 2.20. The van der Waals surface area contributed by atoms with Crippen LogP contribution in [-0.2, 0) is 18.3 Å². The van der Waals surface area contributed by atoms with Gasteiger partial charge in [0, 0.05) is 63.3 Å². The number of morpholine rings is 1. The summed E-state index contributed by atoms with van der Waals surface area (Å²) in [5, 5.41) is 0. The summed E-state index contributed by atoms with van der Waals surface area (Å²) in [6.07, 6.45) is 4.42. The fourth-order valence-corrected chi connectivity index (χ4v) is 3.57. The molecule has 2 saturated heterocycles. The maximum atomic E-state index is 11.5. The van der Waals surface area contributed by atoms with Crippen LogP contribution >= 0.6 is 0 Å².